The predicted molar refractivity (Wildman–Crippen MR) is 109 cm³/mol. The summed E-state index contributed by atoms with van der Waals surface area (Å²) in [7, 11) is 0. The molecule has 0 fully saturated rings. The van der Waals surface area contributed by atoms with E-state index >= 15 is 0 Å². The van der Waals surface area contributed by atoms with E-state index in [0.29, 0.717) is 0 Å². The molecule has 3 heterocycles. The average molecular weight is 363 g/mol. The molecule has 0 saturated heterocycles. The van der Waals surface area contributed by atoms with Gasteiger partial charge in [-0.1, -0.05) is 42.5 Å². The molecule has 2 aliphatic rings. The van der Waals surface area contributed by atoms with Crippen molar-refractivity contribution in [3.63, 3.8) is 0 Å². The van der Waals surface area contributed by atoms with E-state index in [1.54, 1.807) is 0 Å². The van der Waals surface area contributed by atoms with Crippen LogP contribution in [-0.4, -0.2) is 0 Å². The van der Waals surface area contributed by atoms with Gasteiger partial charge in [0.25, 0.3) is 0 Å². The summed E-state index contributed by atoms with van der Waals surface area (Å²) in [6.45, 7) is 0. The minimum absolute atomic E-state index is 0.731. The van der Waals surface area contributed by atoms with Crippen molar-refractivity contribution < 1.29 is 13.9 Å². The number of rotatable bonds is 0. The van der Waals surface area contributed by atoms with Crippen molar-refractivity contribution in [2.45, 2.75) is 0 Å². The molecule has 4 heteroatoms. The third-order valence-corrected chi connectivity index (χ3v) is 5.43. The smallest absolute Gasteiger partial charge is 0.167 e. The Labute approximate surface area is 160 Å². The van der Waals surface area contributed by atoms with Gasteiger partial charge >= 0.3 is 0 Å². The maximum Gasteiger partial charge on any atom is 0.167 e. The Bertz CT molecular complexity index is 1420. The number of nitrogens with zero attached hydrogens (tertiary/aromatic N) is 1. The standard InChI is InChI=1S/C24H13NO3/c1-4-10-17-14(7-1)22-20(26-17)13-21-23-24(22)28-19-12-6-3-9-16(19)25(23)15-8-2-5-11-18(15)27-21/h1-13H. The first kappa shape index (κ1) is 14.2. The summed E-state index contributed by atoms with van der Waals surface area (Å²) in [5.74, 6) is 3.13. The van der Waals surface area contributed by atoms with Crippen LogP contribution in [0.3, 0.4) is 0 Å². The van der Waals surface area contributed by atoms with Gasteiger partial charge in [-0.05, 0) is 30.3 Å². The Morgan fingerprint density at radius 3 is 2.11 bits per heavy atom. The van der Waals surface area contributed by atoms with Gasteiger partial charge in [0.2, 0.25) is 0 Å². The van der Waals surface area contributed by atoms with E-state index in [-0.39, 0.29) is 0 Å². The molecular formula is C24H13NO3. The lowest BCUT2D eigenvalue weighted by Crippen LogP contribution is -2.20. The summed E-state index contributed by atoms with van der Waals surface area (Å²) in [5, 5.41) is 2.00. The molecule has 0 bridgehead atoms. The number of para-hydroxylation sites is 5. The lowest BCUT2D eigenvalue weighted by Gasteiger charge is -2.37. The highest BCUT2D eigenvalue weighted by atomic mass is 16.5. The summed E-state index contributed by atoms with van der Waals surface area (Å²) >= 11 is 0. The zero-order valence-corrected chi connectivity index (χ0v) is 14.7. The fourth-order valence-corrected chi connectivity index (χ4v) is 4.26. The van der Waals surface area contributed by atoms with Crippen LogP contribution in [0.4, 0.5) is 17.1 Å². The monoisotopic (exact) mass is 363 g/mol. The molecule has 0 spiro atoms. The minimum Gasteiger partial charge on any atom is -0.456 e. The topological polar surface area (TPSA) is 34.8 Å². The van der Waals surface area contributed by atoms with E-state index in [9.17, 15) is 0 Å². The maximum atomic E-state index is 6.44. The second kappa shape index (κ2) is 4.87. The molecule has 4 aromatic carbocycles. The third-order valence-electron chi connectivity index (χ3n) is 5.43. The van der Waals surface area contributed by atoms with Gasteiger partial charge in [0.1, 0.15) is 16.9 Å². The first-order valence-corrected chi connectivity index (χ1v) is 9.20. The molecule has 0 radical (unpaired) electrons. The van der Waals surface area contributed by atoms with Crippen molar-refractivity contribution in [1.29, 1.82) is 0 Å². The largest absolute Gasteiger partial charge is 0.456 e. The van der Waals surface area contributed by atoms with Gasteiger partial charge < -0.3 is 13.9 Å². The first-order valence-electron chi connectivity index (χ1n) is 9.20. The van der Waals surface area contributed by atoms with E-state index in [1.807, 2.05) is 60.7 Å². The highest BCUT2D eigenvalue weighted by Crippen LogP contribution is 2.62. The Morgan fingerprint density at radius 1 is 0.607 bits per heavy atom. The van der Waals surface area contributed by atoms with Gasteiger partial charge in [-0.25, -0.2) is 0 Å². The average Bonchev–Trinajstić information content (AvgIpc) is 3.11. The van der Waals surface area contributed by atoms with Crippen LogP contribution in [0, 0.1) is 0 Å². The van der Waals surface area contributed by atoms with Crippen LogP contribution in [0.25, 0.3) is 21.9 Å². The predicted octanol–water partition coefficient (Wildman–Crippen LogP) is 7.27. The minimum atomic E-state index is 0.731. The number of furan rings is 1. The summed E-state index contributed by atoms with van der Waals surface area (Å²) < 4.78 is 18.8. The van der Waals surface area contributed by atoms with Gasteiger partial charge in [-0.2, -0.15) is 0 Å². The van der Waals surface area contributed by atoms with E-state index in [4.69, 9.17) is 13.9 Å². The van der Waals surface area contributed by atoms with Crippen LogP contribution >= 0.6 is 0 Å². The zero-order chi connectivity index (χ0) is 18.2. The van der Waals surface area contributed by atoms with Crippen LogP contribution in [0.5, 0.6) is 23.0 Å². The zero-order valence-electron chi connectivity index (χ0n) is 14.7. The molecule has 28 heavy (non-hydrogen) atoms. The van der Waals surface area contributed by atoms with E-state index < -0.39 is 0 Å². The van der Waals surface area contributed by atoms with Gasteiger partial charge in [-0.3, -0.25) is 4.90 Å². The summed E-state index contributed by atoms with van der Waals surface area (Å²) in [5.41, 5.74) is 4.51. The van der Waals surface area contributed by atoms with Crippen molar-refractivity contribution in [3.05, 3.63) is 78.9 Å². The van der Waals surface area contributed by atoms with Crippen molar-refractivity contribution in [2.24, 2.45) is 0 Å². The second-order valence-electron chi connectivity index (χ2n) is 7.00. The van der Waals surface area contributed by atoms with Crippen LogP contribution in [-0.2, 0) is 0 Å². The first-order chi connectivity index (χ1) is 13.9. The van der Waals surface area contributed by atoms with Crippen LogP contribution < -0.4 is 14.4 Å². The molecule has 0 unspecified atom stereocenters. The van der Waals surface area contributed by atoms with E-state index in [0.717, 1.165) is 62.0 Å². The SMILES string of the molecule is c1ccc2c(c1)Oc1cc3oc4ccccc4c3c3c1N2c1ccccc1O3. The lowest BCUT2D eigenvalue weighted by molar-refractivity contribution is 0.449. The Morgan fingerprint density at radius 2 is 1.29 bits per heavy atom. The highest BCUT2D eigenvalue weighted by Gasteiger charge is 2.36. The number of fused-ring (bicyclic) bond motifs is 8. The van der Waals surface area contributed by atoms with Gasteiger partial charge in [0.15, 0.2) is 23.0 Å². The number of hydrogen-bond acceptors (Lipinski definition) is 4. The van der Waals surface area contributed by atoms with Crippen LogP contribution in [0.1, 0.15) is 0 Å². The number of anilines is 3. The molecule has 132 valence electrons. The summed E-state index contributed by atoms with van der Waals surface area (Å²) in [6, 6.07) is 26.2. The number of hydrogen-bond donors (Lipinski definition) is 0. The van der Waals surface area contributed by atoms with E-state index in [1.165, 1.54) is 0 Å². The van der Waals surface area contributed by atoms with Crippen LogP contribution in [0.2, 0.25) is 0 Å². The fraction of sp³-hybridized carbons (Fsp3) is 0. The number of ether oxygens (including phenoxy) is 2. The van der Waals surface area contributed by atoms with Crippen molar-refractivity contribution >= 4 is 39.0 Å². The Kier molecular flexibility index (Phi) is 2.46. The quantitative estimate of drug-likeness (QED) is 0.284. The molecule has 0 atom stereocenters. The molecule has 4 nitrogen and oxygen atoms in total. The lowest BCUT2D eigenvalue weighted by atomic mass is 10.0. The number of benzene rings is 4. The van der Waals surface area contributed by atoms with Crippen molar-refractivity contribution in [3.8, 4) is 23.0 Å². The maximum absolute atomic E-state index is 6.44. The Balaban J connectivity index is 1.67. The van der Waals surface area contributed by atoms with Gasteiger partial charge in [0.05, 0.1) is 16.8 Å². The summed E-state index contributed by atoms with van der Waals surface area (Å²) in [4.78, 5) is 2.23. The second-order valence-corrected chi connectivity index (χ2v) is 7.00. The molecule has 7 rings (SSSR count). The Hall–Kier alpha value is -3.92. The highest BCUT2D eigenvalue weighted by molar-refractivity contribution is 6.14. The molecule has 0 saturated carbocycles. The van der Waals surface area contributed by atoms with Gasteiger partial charge in [0, 0.05) is 11.5 Å². The summed E-state index contributed by atoms with van der Waals surface area (Å²) in [6.07, 6.45) is 0. The van der Waals surface area contributed by atoms with E-state index in [2.05, 4.69) is 23.1 Å². The molecule has 0 N–H and O–H groups in total. The third kappa shape index (κ3) is 1.65. The van der Waals surface area contributed by atoms with Crippen molar-refractivity contribution in [1.82, 2.24) is 0 Å². The normalized spacial score (nSPS) is 13.5. The van der Waals surface area contributed by atoms with Crippen molar-refractivity contribution in [2.75, 3.05) is 4.90 Å². The molecule has 0 aliphatic carbocycles. The fourth-order valence-electron chi connectivity index (χ4n) is 4.26. The molecule has 2 aliphatic heterocycles. The molecular weight excluding hydrogens is 350 g/mol. The molecule has 1 aromatic heterocycles. The van der Waals surface area contributed by atoms with Gasteiger partial charge in [-0.15, -0.1) is 0 Å². The van der Waals surface area contributed by atoms with Crippen LogP contribution in [0.15, 0.2) is 83.3 Å². The molecule has 0 amide bonds. The molecule has 5 aromatic rings.